The number of sulfonamides is 1. The number of carbonyl (C=O) groups excluding carboxylic acids is 2. The third-order valence-corrected chi connectivity index (χ3v) is 6.94. The molecule has 2 amide bonds. The van der Waals surface area contributed by atoms with Crippen molar-refractivity contribution in [2.45, 2.75) is 24.8 Å². The summed E-state index contributed by atoms with van der Waals surface area (Å²) in [4.78, 5) is 35.9. The van der Waals surface area contributed by atoms with E-state index in [1.54, 1.807) is 0 Å². The number of aliphatic carboxylic acids is 1. The van der Waals surface area contributed by atoms with Crippen LogP contribution < -0.4 is 15.4 Å². The predicted octanol–water partition coefficient (Wildman–Crippen LogP) is 1.42. The Morgan fingerprint density at radius 3 is 2.18 bits per heavy atom. The van der Waals surface area contributed by atoms with Gasteiger partial charge in [0, 0.05) is 18.9 Å². The summed E-state index contributed by atoms with van der Waals surface area (Å²) >= 11 is 0. The standard InChI is InChI=1S/C23H27N3O7S/c1-24-34(31,32)13-12-25-22(29)20(10-11-21(27)28)26-23(30)33-14-19-17-8-4-2-6-15(17)16-7-3-5-9-18(16)19/h2-9,19-20,24H,10-14H2,1H3,(H,25,29)(H,26,30)(H,27,28). The Kier molecular flexibility index (Phi) is 8.24. The van der Waals surface area contributed by atoms with Crippen LogP contribution in [0, 0.1) is 0 Å². The van der Waals surface area contributed by atoms with E-state index in [4.69, 9.17) is 9.84 Å². The lowest BCUT2D eigenvalue weighted by Crippen LogP contribution is -2.48. The molecular formula is C23H27N3O7S. The Labute approximate surface area is 197 Å². The highest BCUT2D eigenvalue weighted by Gasteiger charge is 2.30. The van der Waals surface area contributed by atoms with Crippen LogP contribution in [-0.4, -0.2) is 63.5 Å². The number of fused-ring (bicyclic) bond motifs is 3. The summed E-state index contributed by atoms with van der Waals surface area (Å²) in [5.74, 6) is -2.35. The van der Waals surface area contributed by atoms with Crippen molar-refractivity contribution in [1.82, 2.24) is 15.4 Å². The molecule has 1 unspecified atom stereocenters. The molecule has 0 radical (unpaired) electrons. The minimum absolute atomic E-state index is 0.0353. The molecule has 10 nitrogen and oxygen atoms in total. The van der Waals surface area contributed by atoms with E-state index in [0.717, 1.165) is 22.3 Å². The maximum Gasteiger partial charge on any atom is 0.407 e. The third-order valence-electron chi connectivity index (χ3n) is 5.58. The number of carboxylic acid groups (broad SMARTS) is 1. The van der Waals surface area contributed by atoms with Crippen LogP contribution in [0.3, 0.4) is 0 Å². The van der Waals surface area contributed by atoms with E-state index in [-0.39, 0.29) is 37.7 Å². The van der Waals surface area contributed by atoms with Crippen molar-refractivity contribution in [2.75, 3.05) is 26.0 Å². The lowest BCUT2D eigenvalue weighted by atomic mass is 9.98. The highest BCUT2D eigenvalue weighted by atomic mass is 32.2. The molecule has 0 saturated heterocycles. The molecule has 3 rings (SSSR count). The van der Waals surface area contributed by atoms with Crippen molar-refractivity contribution in [3.63, 3.8) is 0 Å². The number of hydrogen-bond donors (Lipinski definition) is 4. The zero-order chi connectivity index (χ0) is 24.7. The average molecular weight is 490 g/mol. The number of alkyl carbamates (subject to hydrolysis) is 1. The highest BCUT2D eigenvalue weighted by molar-refractivity contribution is 7.89. The van der Waals surface area contributed by atoms with Crippen molar-refractivity contribution in [3.8, 4) is 11.1 Å². The monoisotopic (exact) mass is 489 g/mol. The molecule has 4 N–H and O–H groups in total. The van der Waals surface area contributed by atoms with E-state index >= 15 is 0 Å². The number of carboxylic acids is 1. The number of ether oxygens (including phenoxy) is 1. The molecule has 11 heteroatoms. The van der Waals surface area contributed by atoms with Gasteiger partial charge in [-0.05, 0) is 35.7 Å². The van der Waals surface area contributed by atoms with Gasteiger partial charge in [0.2, 0.25) is 15.9 Å². The van der Waals surface area contributed by atoms with Crippen molar-refractivity contribution in [2.24, 2.45) is 0 Å². The number of rotatable bonds is 11. The predicted molar refractivity (Wildman–Crippen MR) is 125 cm³/mol. The quantitative estimate of drug-likeness (QED) is 0.373. The highest BCUT2D eigenvalue weighted by Crippen LogP contribution is 2.44. The van der Waals surface area contributed by atoms with Gasteiger partial charge in [-0.25, -0.2) is 17.9 Å². The first-order valence-corrected chi connectivity index (χ1v) is 12.4. The zero-order valence-corrected chi connectivity index (χ0v) is 19.4. The molecule has 1 aliphatic carbocycles. The largest absolute Gasteiger partial charge is 0.481 e. The molecule has 0 aliphatic heterocycles. The topological polar surface area (TPSA) is 151 Å². The Hall–Kier alpha value is -3.44. The van der Waals surface area contributed by atoms with E-state index in [2.05, 4.69) is 15.4 Å². The summed E-state index contributed by atoms with van der Waals surface area (Å²) in [6.07, 6.45) is -1.41. The van der Waals surface area contributed by atoms with Gasteiger partial charge in [0.1, 0.15) is 12.6 Å². The Morgan fingerprint density at radius 1 is 1.03 bits per heavy atom. The van der Waals surface area contributed by atoms with Crippen molar-refractivity contribution in [1.29, 1.82) is 0 Å². The molecule has 34 heavy (non-hydrogen) atoms. The van der Waals surface area contributed by atoms with Gasteiger partial charge in [-0.2, -0.15) is 0 Å². The van der Waals surface area contributed by atoms with E-state index < -0.39 is 34.0 Å². The fourth-order valence-electron chi connectivity index (χ4n) is 3.85. The summed E-state index contributed by atoms with van der Waals surface area (Å²) in [5.41, 5.74) is 4.20. The number of benzene rings is 2. The van der Waals surface area contributed by atoms with Gasteiger partial charge in [0.15, 0.2) is 0 Å². The van der Waals surface area contributed by atoms with Crippen LogP contribution in [0.2, 0.25) is 0 Å². The minimum atomic E-state index is -3.53. The molecule has 0 spiro atoms. The van der Waals surface area contributed by atoms with E-state index in [1.165, 1.54) is 7.05 Å². The molecule has 1 aliphatic rings. The number of hydrogen-bond acceptors (Lipinski definition) is 6. The van der Waals surface area contributed by atoms with E-state index in [0.29, 0.717) is 0 Å². The van der Waals surface area contributed by atoms with Gasteiger partial charge in [0.25, 0.3) is 0 Å². The molecule has 182 valence electrons. The normalized spacial score (nSPS) is 13.4. The first kappa shape index (κ1) is 25.2. The maximum atomic E-state index is 12.5. The third kappa shape index (κ3) is 6.33. The van der Waals surface area contributed by atoms with E-state index in [1.807, 2.05) is 48.5 Å². The van der Waals surface area contributed by atoms with Gasteiger partial charge in [-0.15, -0.1) is 0 Å². The first-order valence-electron chi connectivity index (χ1n) is 10.7. The summed E-state index contributed by atoms with van der Waals surface area (Å²) < 4.78 is 30.5. The maximum absolute atomic E-state index is 12.5. The first-order chi connectivity index (χ1) is 16.2. The molecule has 0 fully saturated rings. The Bertz CT molecular complexity index is 1120. The van der Waals surface area contributed by atoms with Gasteiger partial charge in [-0.3, -0.25) is 9.59 Å². The Balaban J connectivity index is 1.62. The fourth-order valence-corrected chi connectivity index (χ4v) is 4.43. The van der Waals surface area contributed by atoms with Crippen LogP contribution in [0.1, 0.15) is 29.9 Å². The molecule has 0 saturated carbocycles. The van der Waals surface area contributed by atoms with E-state index in [9.17, 15) is 22.8 Å². The minimum Gasteiger partial charge on any atom is -0.481 e. The van der Waals surface area contributed by atoms with Crippen LogP contribution in [-0.2, 0) is 24.3 Å². The SMILES string of the molecule is CNS(=O)(=O)CCNC(=O)C(CCC(=O)O)NC(=O)OCC1c2ccccc2-c2ccccc21. The van der Waals surface area contributed by atoms with Crippen molar-refractivity contribution >= 4 is 28.0 Å². The fraction of sp³-hybridized carbons (Fsp3) is 0.348. The number of nitrogens with one attached hydrogen (secondary N) is 3. The second-order valence-corrected chi connectivity index (χ2v) is 9.81. The second kappa shape index (κ2) is 11.1. The molecule has 2 aromatic carbocycles. The summed E-state index contributed by atoms with van der Waals surface area (Å²) in [6, 6.07) is 14.5. The van der Waals surface area contributed by atoms with Crippen LogP contribution in [0.5, 0.6) is 0 Å². The molecule has 2 aromatic rings. The van der Waals surface area contributed by atoms with Crippen LogP contribution in [0.25, 0.3) is 11.1 Å². The molecule has 0 heterocycles. The smallest absolute Gasteiger partial charge is 0.407 e. The Morgan fingerprint density at radius 2 is 1.62 bits per heavy atom. The van der Waals surface area contributed by atoms with Crippen molar-refractivity contribution < 1.29 is 32.6 Å². The van der Waals surface area contributed by atoms with Crippen molar-refractivity contribution in [3.05, 3.63) is 59.7 Å². The zero-order valence-electron chi connectivity index (χ0n) is 18.6. The van der Waals surface area contributed by atoms with Gasteiger partial charge in [-0.1, -0.05) is 48.5 Å². The van der Waals surface area contributed by atoms with Crippen LogP contribution >= 0.6 is 0 Å². The number of carbonyl (C=O) groups is 3. The lowest BCUT2D eigenvalue weighted by molar-refractivity contribution is -0.137. The summed E-state index contributed by atoms with van der Waals surface area (Å²) in [6.45, 7) is -0.161. The molecular weight excluding hydrogens is 462 g/mol. The number of amides is 2. The van der Waals surface area contributed by atoms with Crippen LogP contribution in [0.4, 0.5) is 4.79 Å². The van der Waals surface area contributed by atoms with Gasteiger partial charge < -0.3 is 20.5 Å². The second-order valence-electron chi connectivity index (χ2n) is 7.77. The average Bonchev–Trinajstić information content (AvgIpc) is 3.14. The molecule has 0 aromatic heterocycles. The summed E-state index contributed by atoms with van der Waals surface area (Å²) in [7, 11) is -2.27. The van der Waals surface area contributed by atoms with Crippen LogP contribution in [0.15, 0.2) is 48.5 Å². The molecule has 1 atom stereocenters. The van der Waals surface area contributed by atoms with Gasteiger partial charge >= 0.3 is 12.1 Å². The van der Waals surface area contributed by atoms with Gasteiger partial charge in [0.05, 0.1) is 5.75 Å². The molecule has 0 bridgehead atoms. The summed E-state index contributed by atoms with van der Waals surface area (Å²) in [5, 5.41) is 13.8. The lowest BCUT2D eigenvalue weighted by Gasteiger charge is -2.19.